The van der Waals surface area contributed by atoms with Gasteiger partial charge in [0, 0.05) is 5.54 Å². The second kappa shape index (κ2) is 9.29. The smallest absolute Gasteiger partial charge is 0.343 e. The van der Waals surface area contributed by atoms with E-state index >= 15 is 0 Å². The van der Waals surface area contributed by atoms with Crippen molar-refractivity contribution in [2.45, 2.75) is 82.5 Å². The first-order chi connectivity index (χ1) is 18.5. The van der Waals surface area contributed by atoms with Gasteiger partial charge in [0.05, 0.1) is 12.9 Å². The van der Waals surface area contributed by atoms with Crippen molar-refractivity contribution < 1.29 is 41.9 Å². The Labute approximate surface area is 235 Å². The van der Waals surface area contributed by atoms with Crippen molar-refractivity contribution in [2.75, 3.05) is 17.4 Å². The molecule has 2 unspecified atom stereocenters. The maximum Gasteiger partial charge on any atom is 0.343 e. The minimum atomic E-state index is -4.90. The number of rotatable bonds is 8. The molecule has 17 heteroatoms. The van der Waals surface area contributed by atoms with E-state index in [0.29, 0.717) is 17.3 Å². The topological polar surface area (TPSA) is 206 Å². The highest BCUT2D eigenvalue weighted by atomic mass is 35.5. The van der Waals surface area contributed by atoms with Crippen LogP contribution in [0.15, 0.2) is 6.33 Å². The lowest BCUT2D eigenvalue weighted by Crippen LogP contribution is -2.61. The fraction of sp³-hybridized carbons (Fsp3) is 0.783. The number of fused-ring (bicyclic) bond motifs is 1. The molecule has 7 rings (SSSR count). The molecule has 0 aromatic carbocycles. The van der Waals surface area contributed by atoms with Crippen LogP contribution >= 0.6 is 19.2 Å². The number of anilines is 1. The van der Waals surface area contributed by atoms with Gasteiger partial charge in [-0.2, -0.15) is 18.4 Å². The molecule has 2 aromatic heterocycles. The summed E-state index contributed by atoms with van der Waals surface area (Å²) in [6, 6.07) is 0. The molecule has 4 bridgehead atoms. The third-order valence-electron chi connectivity index (χ3n) is 8.75. The molecule has 4 saturated carbocycles. The van der Waals surface area contributed by atoms with Crippen LogP contribution in [-0.4, -0.2) is 83.9 Å². The minimum absolute atomic E-state index is 0.0460. The highest BCUT2D eigenvalue weighted by Gasteiger charge is 2.60. The van der Waals surface area contributed by atoms with Crippen LogP contribution in [0.4, 0.5) is 5.82 Å². The number of aromatic nitrogens is 4. The van der Waals surface area contributed by atoms with E-state index in [1.807, 2.05) is 0 Å². The van der Waals surface area contributed by atoms with Gasteiger partial charge in [0.15, 0.2) is 28.7 Å². The standard InChI is InChI=1S/C23H33ClN5O9PS/c1-21-3-12-4-22(2,7-21)9-23(5-12,8-21)28-17-14-18(27-20(24)26-17)29(10-25-14)19-16(31)15(30)13(38-19)6-37-40(35,36)11-39(32,33)34/h10,12-13,15-16,19,30-31H,3-9,11H2,1-2H3,(H,26,27,28)(H2,32,33,34)/t12-,13-,15?,16?,19-,21+,22-,23-/m1/s1. The predicted octanol–water partition coefficient (Wildman–Crippen LogP) is 1.74. The summed E-state index contributed by atoms with van der Waals surface area (Å²) in [6.45, 7) is 3.96. The molecule has 5 fully saturated rings. The van der Waals surface area contributed by atoms with Gasteiger partial charge in [-0.15, -0.1) is 0 Å². The molecule has 5 aliphatic rings. The van der Waals surface area contributed by atoms with E-state index < -0.39 is 54.4 Å². The Morgan fingerprint density at radius 2 is 1.82 bits per heavy atom. The van der Waals surface area contributed by atoms with Crippen molar-refractivity contribution in [3.8, 4) is 0 Å². The van der Waals surface area contributed by atoms with Crippen molar-refractivity contribution in [3.63, 3.8) is 0 Å². The van der Waals surface area contributed by atoms with Crippen LogP contribution in [0.5, 0.6) is 0 Å². The third-order valence-corrected chi connectivity index (χ3v) is 12.0. The lowest BCUT2D eigenvalue weighted by atomic mass is 9.43. The van der Waals surface area contributed by atoms with E-state index in [9.17, 15) is 23.2 Å². The molecule has 2 aromatic rings. The lowest BCUT2D eigenvalue weighted by molar-refractivity contribution is -0.0973. The Morgan fingerprint density at radius 3 is 2.45 bits per heavy atom. The Balaban J connectivity index is 1.25. The molecule has 1 aliphatic heterocycles. The molecule has 222 valence electrons. The first kappa shape index (κ1) is 28.7. The van der Waals surface area contributed by atoms with Gasteiger partial charge in [0.2, 0.25) is 5.28 Å². The Morgan fingerprint density at radius 1 is 1.15 bits per heavy atom. The summed E-state index contributed by atoms with van der Waals surface area (Å²) in [5.41, 5.74) is -0.514. The van der Waals surface area contributed by atoms with E-state index in [-0.39, 0.29) is 27.3 Å². The molecule has 3 heterocycles. The summed E-state index contributed by atoms with van der Waals surface area (Å²) >= 11 is 6.34. The van der Waals surface area contributed by atoms with Crippen molar-refractivity contribution in [1.82, 2.24) is 19.5 Å². The average Bonchev–Trinajstić information content (AvgIpc) is 3.29. The Bertz CT molecular complexity index is 1480. The largest absolute Gasteiger partial charge is 0.387 e. The first-order valence-corrected chi connectivity index (χ1v) is 16.8. The summed E-state index contributed by atoms with van der Waals surface area (Å²) in [5.74, 6) is 1.11. The molecule has 0 radical (unpaired) electrons. The van der Waals surface area contributed by atoms with Gasteiger partial charge in [0.25, 0.3) is 10.1 Å². The van der Waals surface area contributed by atoms with Crippen LogP contribution in [0, 0.1) is 16.7 Å². The van der Waals surface area contributed by atoms with Crippen LogP contribution in [0.1, 0.15) is 58.6 Å². The van der Waals surface area contributed by atoms with E-state index in [1.165, 1.54) is 30.2 Å². The molecule has 1 saturated heterocycles. The molecule has 14 nitrogen and oxygen atoms in total. The summed E-state index contributed by atoms with van der Waals surface area (Å²) in [4.78, 5) is 31.1. The Hall–Kier alpha value is -1.42. The first-order valence-electron chi connectivity index (χ1n) is 13.1. The lowest BCUT2D eigenvalue weighted by Gasteiger charge is -2.65. The van der Waals surface area contributed by atoms with Gasteiger partial charge in [-0.25, -0.2) is 4.98 Å². The van der Waals surface area contributed by atoms with Crippen LogP contribution in [0.3, 0.4) is 0 Å². The summed E-state index contributed by atoms with van der Waals surface area (Å²) in [7, 11) is -9.52. The highest BCUT2D eigenvalue weighted by molar-refractivity contribution is 7.93. The fourth-order valence-electron chi connectivity index (χ4n) is 8.51. The van der Waals surface area contributed by atoms with E-state index in [1.54, 1.807) is 0 Å². The summed E-state index contributed by atoms with van der Waals surface area (Å²) in [5, 5.41) is 24.9. The maximum absolute atomic E-state index is 11.9. The van der Waals surface area contributed by atoms with E-state index in [0.717, 1.165) is 19.3 Å². The van der Waals surface area contributed by atoms with Crippen molar-refractivity contribution in [3.05, 3.63) is 11.6 Å². The zero-order valence-corrected chi connectivity index (χ0v) is 24.4. The maximum atomic E-state index is 11.9. The number of aliphatic hydroxyl groups excluding tert-OH is 2. The highest BCUT2D eigenvalue weighted by Crippen LogP contribution is 2.67. The zero-order chi connectivity index (χ0) is 28.9. The number of halogens is 1. The number of nitrogens with one attached hydrogen (secondary N) is 1. The second-order valence-corrected chi connectivity index (χ2v) is 16.9. The van der Waals surface area contributed by atoms with Gasteiger partial charge in [-0.05, 0) is 66.9 Å². The second-order valence-electron chi connectivity index (χ2n) is 12.9. The molecule has 0 spiro atoms. The molecular weight excluding hydrogens is 589 g/mol. The fourth-order valence-corrected chi connectivity index (χ4v) is 11.0. The third kappa shape index (κ3) is 5.29. The van der Waals surface area contributed by atoms with Gasteiger partial charge >= 0.3 is 7.60 Å². The van der Waals surface area contributed by atoms with Gasteiger partial charge in [-0.3, -0.25) is 13.3 Å². The number of imidazole rings is 1. The van der Waals surface area contributed by atoms with Crippen LogP contribution in [0.2, 0.25) is 5.28 Å². The van der Waals surface area contributed by atoms with E-state index in [2.05, 4.69) is 38.3 Å². The number of nitrogens with zero attached hydrogens (tertiary/aromatic N) is 4. The minimum Gasteiger partial charge on any atom is -0.387 e. The summed E-state index contributed by atoms with van der Waals surface area (Å²) < 4.78 is 46.6. The van der Waals surface area contributed by atoms with Crippen LogP contribution in [-0.2, 0) is 23.6 Å². The zero-order valence-electron chi connectivity index (χ0n) is 22.0. The number of ether oxygens (including phenoxy) is 1. The Kier molecular flexibility index (Phi) is 6.66. The molecule has 40 heavy (non-hydrogen) atoms. The van der Waals surface area contributed by atoms with Gasteiger partial charge in [0.1, 0.15) is 18.3 Å². The average molecular weight is 622 g/mol. The number of aliphatic hydroxyl groups is 2. The SMILES string of the molecule is C[C@]12C[C@@H]3C[C@](C)(C1)C[C@@](Nc1nc(Cl)nc4c1ncn4[C@@H]1O[C@H](COS(=O)(=O)CP(=O)(O)O)C(O)C1O)(C3)C2. The van der Waals surface area contributed by atoms with Crippen molar-refractivity contribution in [1.29, 1.82) is 0 Å². The molecular formula is C23H33ClN5O9PS. The molecule has 5 N–H and O–H groups in total. The van der Waals surface area contributed by atoms with Crippen molar-refractivity contribution in [2.24, 2.45) is 16.7 Å². The number of hydrogen-bond acceptors (Lipinski definition) is 11. The monoisotopic (exact) mass is 621 g/mol. The molecule has 8 atom stereocenters. The van der Waals surface area contributed by atoms with Crippen molar-refractivity contribution >= 4 is 46.3 Å². The van der Waals surface area contributed by atoms with Crippen LogP contribution in [0.25, 0.3) is 11.2 Å². The van der Waals surface area contributed by atoms with Gasteiger partial charge in [-0.1, -0.05) is 13.8 Å². The molecule has 0 amide bonds. The van der Waals surface area contributed by atoms with Crippen LogP contribution < -0.4 is 5.32 Å². The van der Waals surface area contributed by atoms with Gasteiger partial charge < -0.3 is 30.1 Å². The summed E-state index contributed by atoms with van der Waals surface area (Å²) in [6.07, 6.45) is 2.44. The quantitative estimate of drug-likeness (QED) is 0.162. The van der Waals surface area contributed by atoms with E-state index in [4.69, 9.17) is 26.1 Å². The predicted molar refractivity (Wildman–Crippen MR) is 142 cm³/mol. The normalized spacial score (nSPS) is 39.3. The molecule has 4 aliphatic carbocycles. The number of hydrogen-bond donors (Lipinski definition) is 5.